The fourth-order valence-electron chi connectivity index (χ4n) is 4.80. The van der Waals surface area contributed by atoms with Crippen molar-refractivity contribution in [2.75, 3.05) is 4.90 Å². The molecule has 4 heteroatoms. The Bertz CT molecular complexity index is 1130. The van der Waals surface area contributed by atoms with E-state index in [2.05, 4.69) is 12.1 Å². The summed E-state index contributed by atoms with van der Waals surface area (Å²) in [5, 5.41) is 2.02. The molecule has 0 spiro atoms. The minimum absolute atomic E-state index is 0.0688. The van der Waals surface area contributed by atoms with Crippen LogP contribution in [0.3, 0.4) is 0 Å². The lowest BCUT2D eigenvalue weighted by atomic mass is 9.74. The Morgan fingerprint density at radius 1 is 0.900 bits per heavy atom. The van der Waals surface area contributed by atoms with Gasteiger partial charge >= 0.3 is 0 Å². The highest BCUT2D eigenvalue weighted by atomic mass is 32.1. The van der Waals surface area contributed by atoms with Crippen LogP contribution in [0.2, 0.25) is 0 Å². The summed E-state index contributed by atoms with van der Waals surface area (Å²) in [6.07, 6.45) is 1.54. The molecule has 5 rings (SSSR count). The van der Waals surface area contributed by atoms with Crippen LogP contribution in [0, 0.1) is 6.92 Å². The Balaban J connectivity index is 1.66. The summed E-state index contributed by atoms with van der Waals surface area (Å²) < 4.78 is 0. The van der Waals surface area contributed by atoms with Crippen molar-refractivity contribution >= 4 is 28.7 Å². The number of allylic oxidation sites excluding steroid dienone is 2. The van der Waals surface area contributed by atoms with E-state index < -0.39 is 0 Å². The number of nitrogens with zero attached hydrogens (tertiary/aromatic N) is 1. The summed E-state index contributed by atoms with van der Waals surface area (Å²) in [5.41, 5.74) is 4.85. The number of aryl methyl sites for hydroxylation is 1. The lowest BCUT2D eigenvalue weighted by molar-refractivity contribution is -0.120. The molecule has 2 heterocycles. The Morgan fingerprint density at radius 3 is 2.47 bits per heavy atom. The van der Waals surface area contributed by atoms with Crippen LogP contribution in [-0.4, -0.2) is 11.7 Å². The molecule has 0 radical (unpaired) electrons. The standard InChI is InChI=1S/C26H23NO2S/c1-17-7-5-10-20(13-17)27-22-14-19(18-8-3-2-4-9-18)15-23(28)26(22)21(16-25(27)29)24-11-6-12-30-24/h2-13,19,21H,14-16H2,1H3. The van der Waals surface area contributed by atoms with Crippen molar-refractivity contribution in [3.63, 3.8) is 0 Å². The van der Waals surface area contributed by atoms with Gasteiger partial charge in [0.1, 0.15) is 0 Å². The monoisotopic (exact) mass is 413 g/mol. The molecule has 3 aromatic rings. The van der Waals surface area contributed by atoms with Crippen LogP contribution in [0.25, 0.3) is 0 Å². The highest BCUT2D eigenvalue weighted by Gasteiger charge is 2.42. The van der Waals surface area contributed by atoms with Gasteiger partial charge in [0.25, 0.3) is 0 Å². The van der Waals surface area contributed by atoms with E-state index in [4.69, 9.17) is 0 Å². The van der Waals surface area contributed by atoms with Gasteiger partial charge < -0.3 is 0 Å². The number of hydrogen-bond acceptors (Lipinski definition) is 3. The molecule has 1 aliphatic carbocycles. The lowest BCUT2D eigenvalue weighted by Crippen LogP contribution is -2.41. The van der Waals surface area contributed by atoms with Gasteiger partial charge in [0.05, 0.1) is 0 Å². The average molecular weight is 414 g/mol. The van der Waals surface area contributed by atoms with E-state index in [0.717, 1.165) is 33.0 Å². The number of anilines is 1. The summed E-state index contributed by atoms with van der Waals surface area (Å²) in [5.74, 6) is 0.213. The van der Waals surface area contributed by atoms with Crippen molar-refractivity contribution in [2.24, 2.45) is 0 Å². The normalized spacial score (nSPS) is 21.7. The molecule has 2 aliphatic rings. The molecule has 3 nitrogen and oxygen atoms in total. The number of carbonyl (C=O) groups is 2. The van der Waals surface area contributed by atoms with Crippen molar-refractivity contribution in [2.45, 2.75) is 38.0 Å². The van der Waals surface area contributed by atoms with Crippen molar-refractivity contribution in [1.29, 1.82) is 0 Å². The molecule has 2 atom stereocenters. The van der Waals surface area contributed by atoms with Gasteiger partial charge in [-0.05, 0) is 54.0 Å². The summed E-state index contributed by atoms with van der Waals surface area (Å²) >= 11 is 1.63. The smallest absolute Gasteiger partial charge is 0.232 e. The third-order valence-corrected chi connectivity index (χ3v) is 7.13. The first-order chi connectivity index (χ1) is 14.6. The summed E-state index contributed by atoms with van der Waals surface area (Å²) in [4.78, 5) is 29.8. The number of Topliss-reactive ketones (excluding diaryl/α,β-unsaturated/α-hetero) is 1. The third kappa shape index (κ3) is 3.31. The number of ketones is 1. The molecular weight excluding hydrogens is 390 g/mol. The maximum Gasteiger partial charge on any atom is 0.232 e. The Labute approximate surface area is 180 Å². The lowest BCUT2D eigenvalue weighted by Gasteiger charge is -2.40. The summed E-state index contributed by atoms with van der Waals surface area (Å²) in [6.45, 7) is 2.03. The van der Waals surface area contributed by atoms with Crippen molar-refractivity contribution < 1.29 is 9.59 Å². The molecule has 1 aliphatic heterocycles. The van der Waals surface area contributed by atoms with Crippen LogP contribution in [0.1, 0.15) is 47.1 Å². The molecule has 0 fully saturated rings. The second-order valence-corrected chi connectivity index (χ2v) is 9.12. The SMILES string of the molecule is Cc1cccc(N2C(=O)CC(c3cccs3)C3=C2CC(c2ccccc2)CC3=O)c1. The van der Waals surface area contributed by atoms with Gasteiger partial charge in [-0.1, -0.05) is 48.5 Å². The molecule has 150 valence electrons. The predicted octanol–water partition coefficient (Wildman–Crippen LogP) is 5.98. The largest absolute Gasteiger partial charge is 0.294 e. The molecule has 30 heavy (non-hydrogen) atoms. The van der Waals surface area contributed by atoms with Gasteiger partial charge in [-0.25, -0.2) is 0 Å². The fraction of sp³-hybridized carbons (Fsp3) is 0.231. The molecular formula is C26H23NO2S. The molecule has 0 N–H and O–H groups in total. The van der Waals surface area contributed by atoms with Gasteiger partial charge in [0.15, 0.2) is 5.78 Å². The number of hydrogen-bond donors (Lipinski definition) is 0. The average Bonchev–Trinajstić information content (AvgIpc) is 3.28. The van der Waals surface area contributed by atoms with Crippen LogP contribution < -0.4 is 4.90 Å². The number of amides is 1. The zero-order valence-electron chi connectivity index (χ0n) is 16.9. The van der Waals surface area contributed by atoms with Crippen molar-refractivity contribution in [3.05, 3.63) is 99.4 Å². The van der Waals surface area contributed by atoms with Gasteiger partial charge in [-0.15, -0.1) is 11.3 Å². The predicted molar refractivity (Wildman–Crippen MR) is 121 cm³/mol. The van der Waals surface area contributed by atoms with Crippen LogP contribution in [-0.2, 0) is 9.59 Å². The van der Waals surface area contributed by atoms with E-state index in [-0.39, 0.29) is 23.5 Å². The number of carbonyl (C=O) groups excluding carboxylic acids is 2. The molecule has 1 amide bonds. The number of rotatable bonds is 3. The summed E-state index contributed by atoms with van der Waals surface area (Å²) in [7, 11) is 0. The van der Waals surface area contributed by atoms with Crippen molar-refractivity contribution in [3.8, 4) is 0 Å². The van der Waals surface area contributed by atoms with E-state index in [0.29, 0.717) is 19.3 Å². The zero-order chi connectivity index (χ0) is 20.7. The van der Waals surface area contributed by atoms with Gasteiger partial charge in [-0.3, -0.25) is 14.5 Å². The minimum Gasteiger partial charge on any atom is -0.294 e. The van der Waals surface area contributed by atoms with Crippen molar-refractivity contribution in [1.82, 2.24) is 0 Å². The van der Waals surface area contributed by atoms with Crippen LogP contribution in [0.15, 0.2) is 83.4 Å². The molecule has 0 saturated heterocycles. The summed E-state index contributed by atoms with van der Waals surface area (Å²) in [6, 6.07) is 22.2. The van der Waals surface area contributed by atoms with Gasteiger partial charge in [0, 0.05) is 40.6 Å². The zero-order valence-corrected chi connectivity index (χ0v) is 17.7. The van der Waals surface area contributed by atoms with E-state index in [9.17, 15) is 9.59 Å². The minimum atomic E-state index is -0.127. The molecule has 0 saturated carbocycles. The van der Waals surface area contributed by atoms with E-state index in [1.54, 1.807) is 11.3 Å². The third-order valence-electron chi connectivity index (χ3n) is 6.15. The highest BCUT2D eigenvalue weighted by molar-refractivity contribution is 7.10. The van der Waals surface area contributed by atoms with Crippen LogP contribution in [0.5, 0.6) is 0 Å². The quantitative estimate of drug-likeness (QED) is 0.530. The number of thiophene rings is 1. The highest BCUT2D eigenvalue weighted by Crippen LogP contribution is 2.47. The fourth-order valence-corrected chi connectivity index (χ4v) is 5.63. The number of benzene rings is 2. The topological polar surface area (TPSA) is 37.4 Å². The van der Waals surface area contributed by atoms with E-state index >= 15 is 0 Å². The van der Waals surface area contributed by atoms with E-state index in [1.807, 2.05) is 71.8 Å². The van der Waals surface area contributed by atoms with Gasteiger partial charge in [-0.2, -0.15) is 0 Å². The second kappa shape index (κ2) is 7.69. The Morgan fingerprint density at radius 2 is 1.73 bits per heavy atom. The Kier molecular flexibility index (Phi) is 4.87. The second-order valence-electron chi connectivity index (χ2n) is 8.14. The molecule has 1 aromatic heterocycles. The molecule has 2 aromatic carbocycles. The molecule has 2 unspecified atom stereocenters. The first kappa shape index (κ1) is 19.0. The first-order valence-corrected chi connectivity index (χ1v) is 11.2. The maximum atomic E-state index is 13.5. The maximum absolute atomic E-state index is 13.5. The van der Waals surface area contributed by atoms with Crippen LogP contribution >= 0.6 is 11.3 Å². The van der Waals surface area contributed by atoms with Crippen LogP contribution in [0.4, 0.5) is 5.69 Å². The Hall–Kier alpha value is -2.98. The first-order valence-electron chi connectivity index (χ1n) is 10.4. The van der Waals surface area contributed by atoms with Gasteiger partial charge in [0.2, 0.25) is 5.91 Å². The molecule has 0 bridgehead atoms. The van der Waals surface area contributed by atoms with E-state index in [1.165, 1.54) is 0 Å².